The molecule has 0 bridgehead atoms. The second kappa shape index (κ2) is 7.49. The van der Waals surface area contributed by atoms with Crippen molar-refractivity contribution in [2.24, 2.45) is 0 Å². The maximum absolute atomic E-state index is 12.4. The molecule has 2 rings (SSSR count). The van der Waals surface area contributed by atoms with Crippen LogP contribution in [0.1, 0.15) is 23.6 Å². The lowest BCUT2D eigenvalue weighted by Gasteiger charge is -2.18. The molecule has 0 aliphatic rings. The van der Waals surface area contributed by atoms with Crippen LogP contribution < -0.4 is 10.1 Å². The number of rotatable bonds is 4. The molecule has 0 unspecified atom stereocenters. The van der Waals surface area contributed by atoms with Gasteiger partial charge in [-0.1, -0.05) is 33.6 Å². The van der Waals surface area contributed by atoms with Crippen molar-refractivity contribution in [1.29, 1.82) is 0 Å². The maximum atomic E-state index is 12.4. The molecule has 0 heterocycles. The molecule has 23 heavy (non-hydrogen) atoms. The highest BCUT2D eigenvalue weighted by Gasteiger charge is 2.18. The zero-order valence-electron chi connectivity index (χ0n) is 13.5. The van der Waals surface area contributed by atoms with Crippen LogP contribution in [0.2, 0.25) is 0 Å². The number of ether oxygens (including phenoxy) is 1. The second-order valence-corrected chi connectivity index (χ2v) is 7.37. The van der Waals surface area contributed by atoms with E-state index in [4.69, 9.17) is 4.74 Å². The first-order valence-electron chi connectivity index (χ1n) is 7.28. The third-order valence-electron chi connectivity index (χ3n) is 3.49. The van der Waals surface area contributed by atoms with Crippen LogP contribution in [0.15, 0.2) is 39.3 Å². The average Bonchev–Trinajstić information content (AvgIpc) is 2.45. The van der Waals surface area contributed by atoms with Crippen molar-refractivity contribution in [3.05, 3.63) is 56.0 Å². The summed E-state index contributed by atoms with van der Waals surface area (Å²) in [5.74, 6) is 0.461. The van der Waals surface area contributed by atoms with Gasteiger partial charge in [0.25, 0.3) is 5.91 Å². The smallest absolute Gasteiger partial charge is 0.265 e. The normalized spacial score (nSPS) is 11.9. The van der Waals surface area contributed by atoms with Gasteiger partial charge in [0, 0.05) is 10.2 Å². The third kappa shape index (κ3) is 4.58. The van der Waals surface area contributed by atoms with Crippen LogP contribution >= 0.6 is 31.9 Å². The summed E-state index contributed by atoms with van der Waals surface area (Å²) in [5.41, 5.74) is 4.13. The predicted molar refractivity (Wildman–Crippen MR) is 101 cm³/mol. The highest BCUT2D eigenvalue weighted by molar-refractivity contribution is 9.11. The third-order valence-corrected chi connectivity index (χ3v) is 4.61. The number of carbonyl (C=O) groups is 1. The first-order chi connectivity index (χ1) is 10.8. The van der Waals surface area contributed by atoms with Crippen LogP contribution in [0.25, 0.3) is 0 Å². The van der Waals surface area contributed by atoms with Gasteiger partial charge in [0.2, 0.25) is 0 Å². The summed E-state index contributed by atoms with van der Waals surface area (Å²) in [7, 11) is 0. The first-order valence-corrected chi connectivity index (χ1v) is 8.87. The van der Waals surface area contributed by atoms with Gasteiger partial charge in [0.1, 0.15) is 5.75 Å². The standard InChI is InChI=1S/C18H19Br2NO2/c1-10-7-11(2)17(12(3)8-10)21-18(22)13(4)23-16-6-5-14(19)9-15(16)20/h5-9,13H,1-4H3,(H,21,22)/t13-/m0/s1. The summed E-state index contributed by atoms with van der Waals surface area (Å²) in [6.45, 7) is 7.77. The van der Waals surface area contributed by atoms with E-state index in [-0.39, 0.29) is 5.91 Å². The minimum Gasteiger partial charge on any atom is -0.480 e. The summed E-state index contributed by atoms with van der Waals surface area (Å²) in [6.07, 6.45) is -0.604. The minimum absolute atomic E-state index is 0.171. The van der Waals surface area contributed by atoms with E-state index in [0.717, 1.165) is 25.8 Å². The molecule has 1 amide bonds. The number of hydrogen-bond acceptors (Lipinski definition) is 2. The predicted octanol–water partition coefficient (Wildman–Crippen LogP) is 5.54. The molecule has 0 aliphatic carbocycles. The number of hydrogen-bond donors (Lipinski definition) is 1. The molecule has 0 fully saturated rings. The molecular weight excluding hydrogens is 422 g/mol. The fourth-order valence-corrected chi connectivity index (χ4v) is 3.56. The number of anilines is 1. The van der Waals surface area contributed by atoms with E-state index in [1.807, 2.05) is 39.0 Å². The first kappa shape index (κ1) is 18.0. The second-order valence-electron chi connectivity index (χ2n) is 5.60. The van der Waals surface area contributed by atoms with E-state index in [9.17, 15) is 4.79 Å². The molecule has 0 radical (unpaired) electrons. The fraction of sp³-hybridized carbons (Fsp3) is 0.278. The topological polar surface area (TPSA) is 38.3 Å². The van der Waals surface area contributed by atoms with Crippen molar-refractivity contribution in [2.45, 2.75) is 33.8 Å². The Morgan fingerprint density at radius 2 is 1.70 bits per heavy atom. The molecule has 122 valence electrons. The number of aryl methyl sites for hydroxylation is 3. The van der Waals surface area contributed by atoms with E-state index in [2.05, 4.69) is 49.3 Å². The van der Waals surface area contributed by atoms with E-state index < -0.39 is 6.10 Å². The van der Waals surface area contributed by atoms with Gasteiger partial charge < -0.3 is 10.1 Å². The van der Waals surface area contributed by atoms with Crippen LogP contribution in [0.5, 0.6) is 5.75 Å². The Bertz CT molecular complexity index is 721. The van der Waals surface area contributed by atoms with Crippen LogP contribution in [0.4, 0.5) is 5.69 Å². The van der Waals surface area contributed by atoms with Gasteiger partial charge in [0.05, 0.1) is 4.47 Å². The number of halogens is 2. The zero-order chi connectivity index (χ0) is 17.1. The minimum atomic E-state index is -0.604. The van der Waals surface area contributed by atoms with Gasteiger partial charge in [-0.05, 0) is 73.0 Å². The monoisotopic (exact) mass is 439 g/mol. The number of nitrogens with one attached hydrogen (secondary N) is 1. The molecule has 2 aromatic carbocycles. The average molecular weight is 441 g/mol. The van der Waals surface area contributed by atoms with Gasteiger partial charge in [-0.3, -0.25) is 4.79 Å². The van der Waals surface area contributed by atoms with Crippen molar-refractivity contribution in [3.8, 4) is 5.75 Å². The largest absolute Gasteiger partial charge is 0.480 e. The van der Waals surface area contributed by atoms with Crippen LogP contribution in [0, 0.1) is 20.8 Å². The number of amides is 1. The summed E-state index contributed by atoms with van der Waals surface area (Å²) in [4.78, 5) is 12.4. The van der Waals surface area contributed by atoms with Crippen LogP contribution in [-0.2, 0) is 4.79 Å². The molecular formula is C18H19Br2NO2. The van der Waals surface area contributed by atoms with E-state index in [1.165, 1.54) is 5.56 Å². The zero-order valence-corrected chi connectivity index (χ0v) is 16.7. The molecule has 0 spiro atoms. The van der Waals surface area contributed by atoms with E-state index in [1.54, 1.807) is 6.92 Å². The summed E-state index contributed by atoms with van der Waals surface area (Å²) in [5, 5.41) is 2.97. The Morgan fingerprint density at radius 3 is 2.26 bits per heavy atom. The summed E-state index contributed by atoms with van der Waals surface area (Å²) < 4.78 is 7.50. The van der Waals surface area contributed by atoms with Gasteiger partial charge in [-0.2, -0.15) is 0 Å². The van der Waals surface area contributed by atoms with E-state index in [0.29, 0.717) is 5.75 Å². The Balaban J connectivity index is 2.11. The molecule has 0 saturated heterocycles. The number of benzene rings is 2. The molecule has 2 aromatic rings. The molecule has 1 N–H and O–H groups in total. The molecule has 0 saturated carbocycles. The lowest BCUT2D eigenvalue weighted by atomic mass is 10.0. The van der Waals surface area contributed by atoms with Crippen molar-refractivity contribution in [2.75, 3.05) is 5.32 Å². The lowest BCUT2D eigenvalue weighted by Crippen LogP contribution is -2.30. The van der Waals surface area contributed by atoms with Crippen molar-refractivity contribution in [3.63, 3.8) is 0 Å². The van der Waals surface area contributed by atoms with Gasteiger partial charge in [-0.15, -0.1) is 0 Å². The quantitative estimate of drug-likeness (QED) is 0.677. The number of carbonyl (C=O) groups excluding carboxylic acids is 1. The molecule has 3 nitrogen and oxygen atoms in total. The fourth-order valence-electron chi connectivity index (χ4n) is 2.42. The van der Waals surface area contributed by atoms with Crippen molar-refractivity contribution < 1.29 is 9.53 Å². The van der Waals surface area contributed by atoms with Crippen LogP contribution in [0.3, 0.4) is 0 Å². The van der Waals surface area contributed by atoms with Gasteiger partial charge in [0.15, 0.2) is 6.10 Å². The van der Waals surface area contributed by atoms with E-state index >= 15 is 0 Å². The van der Waals surface area contributed by atoms with Crippen LogP contribution in [-0.4, -0.2) is 12.0 Å². The van der Waals surface area contributed by atoms with Crippen molar-refractivity contribution >= 4 is 43.5 Å². The lowest BCUT2D eigenvalue weighted by molar-refractivity contribution is -0.122. The molecule has 0 aliphatic heterocycles. The molecule has 1 atom stereocenters. The summed E-state index contributed by atoms with van der Waals surface area (Å²) >= 11 is 6.83. The van der Waals surface area contributed by atoms with Gasteiger partial charge >= 0.3 is 0 Å². The highest BCUT2D eigenvalue weighted by Crippen LogP contribution is 2.29. The Morgan fingerprint density at radius 1 is 1.09 bits per heavy atom. The van der Waals surface area contributed by atoms with Gasteiger partial charge in [-0.25, -0.2) is 0 Å². The summed E-state index contributed by atoms with van der Waals surface area (Å²) in [6, 6.07) is 9.69. The Labute approximate surface area is 153 Å². The highest BCUT2D eigenvalue weighted by atomic mass is 79.9. The SMILES string of the molecule is Cc1cc(C)c(NC(=O)[C@H](C)Oc2ccc(Br)cc2Br)c(C)c1. The molecule has 0 aromatic heterocycles. The maximum Gasteiger partial charge on any atom is 0.265 e. The van der Waals surface area contributed by atoms with Crippen molar-refractivity contribution in [1.82, 2.24) is 0 Å². The molecule has 5 heteroatoms. The Hall–Kier alpha value is -1.33. The Kier molecular flexibility index (Phi) is 5.87.